The zero-order chi connectivity index (χ0) is 17.4. The molecule has 0 aliphatic carbocycles. The second-order valence-electron chi connectivity index (χ2n) is 5.87. The molecule has 0 N–H and O–H groups in total. The maximum absolute atomic E-state index is 5.96. The number of hydrogen-bond donors (Lipinski definition) is 0. The van der Waals surface area contributed by atoms with Crippen LogP contribution in [0.3, 0.4) is 0 Å². The van der Waals surface area contributed by atoms with Crippen LogP contribution in [0.4, 0.5) is 0 Å². The molecule has 5 heteroatoms. The van der Waals surface area contributed by atoms with Gasteiger partial charge in [0, 0.05) is 30.0 Å². The molecule has 4 aromatic rings. The van der Waals surface area contributed by atoms with Crippen molar-refractivity contribution in [2.45, 2.75) is 6.92 Å². The number of aromatic nitrogens is 3. The predicted octanol–water partition coefficient (Wildman–Crippen LogP) is 5.06. The van der Waals surface area contributed by atoms with Crippen molar-refractivity contribution in [3.8, 4) is 28.3 Å². The summed E-state index contributed by atoms with van der Waals surface area (Å²) in [4.78, 5) is 4.76. The Morgan fingerprint density at radius 3 is 2.28 bits per heavy atom. The topological polar surface area (TPSA) is 31.5 Å². The molecule has 0 aliphatic rings. The summed E-state index contributed by atoms with van der Waals surface area (Å²) in [5, 5.41) is 0.727. The van der Waals surface area contributed by atoms with E-state index in [0.29, 0.717) is 6.61 Å². The summed E-state index contributed by atoms with van der Waals surface area (Å²) in [6.45, 7) is 2.66. The fourth-order valence-corrected chi connectivity index (χ4v) is 3.10. The van der Waals surface area contributed by atoms with E-state index in [0.717, 1.165) is 39.1 Å². The Bertz CT molecular complexity index is 1010. The molecule has 2 aromatic heterocycles. The van der Waals surface area contributed by atoms with Crippen LogP contribution in [0.15, 0.2) is 60.9 Å². The summed E-state index contributed by atoms with van der Waals surface area (Å²) in [5.74, 6) is 1.78. The molecule has 4 rings (SSSR count). The lowest BCUT2D eigenvalue weighted by Gasteiger charge is -2.05. The van der Waals surface area contributed by atoms with Crippen LogP contribution in [0.5, 0.6) is 5.75 Å². The fraction of sp³-hybridized carbons (Fsp3) is 0.150. The smallest absolute Gasteiger partial charge is 0.214 e. The summed E-state index contributed by atoms with van der Waals surface area (Å²) in [7, 11) is 2.03. The van der Waals surface area contributed by atoms with Crippen molar-refractivity contribution < 1.29 is 4.74 Å². The Morgan fingerprint density at radius 2 is 1.64 bits per heavy atom. The van der Waals surface area contributed by atoms with E-state index in [1.54, 1.807) is 0 Å². The van der Waals surface area contributed by atoms with Gasteiger partial charge in [0.25, 0.3) is 0 Å². The number of benzene rings is 2. The lowest BCUT2D eigenvalue weighted by atomic mass is 10.1. The molecule has 2 aromatic carbocycles. The van der Waals surface area contributed by atoms with Crippen molar-refractivity contribution in [3.05, 3.63) is 65.9 Å². The molecule has 25 heavy (non-hydrogen) atoms. The van der Waals surface area contributed by atoms with E-state index in [1.807, 2.05) is 56.6 Å². The molecule has 0 fully saturated rings. The summed E-state index contributed by atoms with van der Waals surface area (Å²) in [6, 6.07) is 15.9. The minimum atomic E-state index is 0.671. The van der Waals surface area contributed by atoms with Crippen molar-refractivity contribution in [1.82, 2.24) is 14.0 Å². The maximum atomic E-state index is 5.96. The number of nitrogens with zero attached hydrogens (tertiary/aromatic N) is 3. The van der Waals surface area contributed by atoms with Gasteiger partial charge in [0.2, 0.25) is 5.78 Å². The molecule has 0 bridgehead atoms. The highest BCUT2D eigenvalue weighted by molar-refractivity contribution is 6.30. The second kappa shape index (κ2) is 6.30. The van der Waals surface area contributed by atoms with E-state index in [4.69, 9.17) is 21.3 Å². The largest absolute Gasteiger partial charge is 0.494 e. The number of hydrogen-bond acceptors (Lipinski definition) is 2. The average Bonchev–Trinajstić information content (AvgIpc) is 3.17. The van der Waals surface area contributed by atoms with Crippen LogP contribution in [0, 0.1) is 0 Å². The molecule has 2 heterocycles. The summed E-state index contributed by atoms with van der Waals surface area (Å²) < 4.78 is 9.65. The molecule has 0 saturated heterocycles. The van der Waals surface area contributed by atoms with Crippen LogP contribution in [0.25, 0.3) is 28.3 Å². The Kier molecular flexibility index (Phi) is 3.98. The van der Waals surface area contributed by atoms with Crippen molar-refractivity contribution in [3.63, 3.8) is 0 Å². The zero-order valence-electron chi connectivity index (χ0n) is 14.1. The van der Waals surface area contributed by atoms with Crippen LogP contribution < -0.4 is 4.74 Å². The third kappa shape index (κ3) is 2.89. The van der Waals surface area contributed by atoms with Gasteiger partial charge in [-0.15, -0.1) is 0 Å². The number of ether oxygens (including phenoxy) is 1. The molecule has 0 radical (unpaired) electrons. The number of halogens is 1. The van der Waals surface area contributed by atoms with Crippen LogP contribution >= 0.6 is 11.6 Å². The van der Waals surface area contributed by atoms with Gasteiger partial charge < -0.3 is 9.30 Å². The van der Waals surface area contributed by atoms with Gasteiger partial charge in [-0.3, -0.25) is 4.40 Å². The highest BCUT2D eigenvalue weighted by Crippen LogP contribution is 2.27. The standard InChI is InChI=1S/C20H18ClN3O/c1-3-25-17-10-6-15(7-11-17)19-13-24-12-18(22-20(24)23(19)2)14-4-8-16(21)9-5-14/h4-13H,3H2,1-2H3. The van der Waals surface area contributed by atoms with Gasteiger partial charge in [0.1, 0.15) is 5.75 Å². The first-order valence-corrected chi connectivity index (χ1v) is 8.57. The second-order valence-corrected chi connectivity index (χ2v) is 6.31. The minimum Gasteiger partial charge on any atom is -0.494 e. The Labute approximate surface area is 151 Å². The normalized spacial score (nSPS) is 11.2. The van der Waals surface area contributed by atoms with Crippen LogP contribution in [-0.4, -0.2) is 20.6 Å². The van der Waals surface area contributed by atoms with Crippen molar-refractivity contribution >= 4 is 17.4 Å². The van der Waals surface area contributed by atoms with Gasteiger partial charge in [-0.1, -0.05) is 23.7 Å². The molecule has 0 atom stereocenters. The fourth-order valence-electron chi connectivity index (χ4n) is 2.97. The van der Waals surface area contributed by atoms with E-state index in [2.05, 4.69) is 27.3 Å². The summed E-state index contributed by atoms with van der Waals surface area (Å²) in [5.41, 5.74) is 4.22. The first kappa shape index (κ1) is 15.8. The molecule has 0 amide bonds. The van der Waals surface area contributed by atoms with E-state index in [1.165, 1.54) is 0 Å². The van der Waals surface area contributed by atoms with Crippen LogP contribution in [-0.2, 0) is 7.05 Å². The lowest BCUT2D eigenvalue weighted by Crippen LogP contribution is -1.94. The third-order valence-corrected chi connectivity index (χ3v) is 4.49. The van der Waals surface area contributed by atoms with Gasteiger partial charge in [0.15, 0.2) is 0 Å². The molecule has 0 saturated carbocycles. The molecule has 0 unspecified atom stereocenters. The summed E-state index contributed by atoms with van der Waals surface area (Å²) in [6.07, 6.45) is 4.13. The molecule has 126 valence electrons. The van der Waals surface area contributed by atoms with E-state index in [-0.39, 0.29) is 0 Å². The Morgan fingerprint density at radius 1 is 0.960 bits per heavy atom. The maximum Gasteiger partial charge on any atom is 0.214 e. The quantitative estimate of drug-likeness (QED) is 0.514. The van der Waals surface area contributed by atoms with E-state index >= 15 is 0 Å². The number of imidazole rings is 2. The number of fused-ring (bicyclic) bond motifs is 1. The first-order chi connectivity index (χ1) is 12.2. The van der Waals surface area contributed by atoms with Crippen LogP contribution in [0.2, 0.25) is 5.02 Å². The van der Waals surface area contributed by atoms with Gasteiger partial charge in [-0.25, -0.2) is 4.98 Å². The molecular weight excluding hydrogens is 334 g/mol. The van der Waals surface area contributed by atoms with Crippen molar-refractivity contribution in [1.29, 1.82) is 0 Å². The van der Waals surface area contributed by atoms with E-state index in [9.17, 15) is 0 Å². The average molecular weight is 352 g/mol. The Hall–Kier alpha value is -2.72. The molecule has 0 spiro atoms. The van der Waals surface area contributed by atoms with Gasteiger partial charge in [0.05, 0.1) is 18.0 Å². The minimum absolute atomic E-state index is 0.671. The molecule has 0 aliphatic heterocycles. The predicted molar refractivity (Wildman–Crippen MR) is 101 cm³/mol. The molecule has 4 nitrogen and oxygen atoms in total. The van der Waals surface area contributed by atoms with Crippen molar-refractivity contribution in [2.75, 3.05) is 6.61 Å². The highest BCUT2D eigenvalue weighted by atomic mass is 35.5. The SMILES string of the molecule is CCOc1ccc(-c2cn3cc(-c4ccc(Cl)cc4)nc3n2C)cc1. The van der Waals surface area contributed by atoms with E-state index < -0.39 is 0 Å². The summed E-state index contributed by atoms with van der Waals surface area (Å²) >= 11 is 5.96. The Balaban J connectivity index is 1.71. The zero-order valence-corrected chi connectivity index (χ0v) is 14.9. The highest BCUT2D eigenvalue weighted by Gasteiger charge is 2.12. The van der Waals surface area contributed by atoms with Crippen molar-refractivity contribution in [2.24, 2.45) is 7.05 Å². The lowest BCUT2D eigenvalue weighted by molar-refractivity contribution is 0.340. The van der Waals surface area contributed by atoms with Gasteiger partial charge in [-0.2, -0.15) is 0 Å². The number of rotatable bonds is 4. The first-order valence-electron chi connectivity index (χ1n) is 8.19. The monoisotopic (exact) mass is 351 g/mol. The molecular formula is C20H18ClN3O. The number of aryl methyl sites for hydroxylation is 1. The van der Waals surface area contributed by atoms with Crippen LogP contribution in [0.1, 0.15) is 6.92 Å². The van der Waals surface area contributed by atoms with Gasteiger partial charge >= 0.3 is 0 Å². The third-order valence-electron chi connectivity index (χ3n) is 4.24. The van der Waals surface area contributed by atoms with Gasteiger partial charge in [-0.05, 0) is 48.9 Å².